The molecule has 0 fully saturated rings. The van der Waals surface area contributed by atoms with Crippen LogP contribution < -0.4 is 5.32 Å². The maximum absolute atomic E-state index is 11.4. The van der Waals surface area contributed by atoms with E-state index in [1.165, 1.54) is 0 Å². The van der Waals surface area contributed by atoms with Gasteiger partial charge in [-0.15, -0.1) is 0 Å². The Labute approximate surface area is 69.8 Å². The number of nitrogens with one attached hydrogen (secondary N) is 1. The quantitative estimate of drug-likeness (QED) is 0.627. The number of hydrogen-bond acceptors (Lipinski definition) is 2. The van der Waals surface area contributed by atoms with E-state index in [9.17, 15) is 4.79 Å². The molecule has 2 bridgehead atoms. The summed E-state index contributed by atoms with van der Waals surface area (Å²) in [5, 5.41) is 2.94. The lowest BCUT2D eigenvalue weighted by atomic mass is 9.83. The van der Waals surface area contributed by atoms with Gasteiger partial charge >= 0.3 is 0 Å². The second kappa shape index (κ2) is 1.44. The molecule has 2 unspecified atom stereocenters. The maximum atomic E-state index is 11.4. The van der Waals surface area contributed by atoms with E-state index in [2.05, 4.69) is 12.2 Å². The van der Waals surface area contributed by atoms with Crippen LogP contribution in [0.3, 0.4) is 0 Å². The van der Waals surface area contributed by atoms with Gasteiger partial charge in [-0.3, -0.25) is 4.79 Å². The van der Waals surface area contributed by atoms with Crippen molar-refractivity contribution in [2.45, 2.75) is 25.3 Å². The van der Waals surface area contributed by atoms with Gasteiger partial charge in [0, 0.05) is 5.92 Å². The van der Waals surface area contributed by atoms with Crippen LogP contribution in [-0.2, 0) is 5.54 Å². The maximum Gasteiger partial charge on any atom is 0.255 e. The minimum atomic E-state index is -0.253. The molecule has 0 radical (unpaired) electrons. The molecule has 2 aliphatic rings. The Morgan fingerprint density at radius 1 is 1.67 bits per heavy atom. The summed E-state index contributed by atoms with van der Waals surface area (Å²) in [5.41, 5.74) is 0.474. The summed E-state index contributed by atoms with van der Waals surface area (Å²) in [6.45, 7) is 4.08. The fourth-order valence-corrected chi connectivity index (χ4v) is 2.13. The molecule has 12 heavy (non-hydrogen) atoms. The van der Waals surface area contributed by atoms with Crippen LogP contribution in [0.1, 0.15) is 41.6 Å². The molecule has 1 amide bonds. The van der Waals surface area contributed by atoms with Crippen LogP contribution in [0.15, 0.2) is 10.5 Å². The molecule has 2 aliphatic heterocycles. The first kappa shape index (κ1) is 6.29. The average Bonchev–Trinajstić information content (AvgIpc) is 2.56. The number of carbonyl (C=O) groups excluding carboxylic acids is 1. The van der Waals surface area contributed by atoms with Crippen LogP contribution in [0.25, 0.3) is 0 Å². The van der Waals surface area contributed by atoms with Gasteiger partial charge in [0.15, 0.2) is 0 Å². The highest BCUT2D eigenvalue weighted by Gasteiger charge is 2.53. The smallest absolute Gasteiger partial charge is 0.255 e. The van der Waals surface area contributed by atoms with Crippen LogP contribution in [0.4, 0.5) is 0 Å². The van der Waals surface area contributed by atoms with Gasteiger partial charge in [-0.25, -0.2) is 0 Å². The number of carbonyl (C=O) groups is 1. The zero-order chi connectivity index (χ0) is 8.51. The first-order chi connectivity index (χ1) is 5.63. The fraction of sp³-hybridized carbons (Fsp3) is 0.444. The largest absolute Gasteiger partial charge is 0.462 e. The molecule has 3 rings (SSSR count). The number of furan rings is 1. The van der Waals surface area contributed by atoms with E-state index in [1.807, 2.05) is 13.0 Å². The molecule has 1 N–H and O–H groups in total. The molecule has 1 aromatic heterocycles. The van der Waals surface area contributed by atoms with E-state index in [1.54, 1.807) is 0 Å². The van der Waals surface area contributed by atoms with Crippen LogP contribution in [0.5, 0.6) is 0 Å². The summed E-state index contributed by atoms with van der Waals surface area (Å²) >= 11 is 0. The Morgan fingerprint density at radius 2 is 2.42 bits per heavy atom. The minimum Gasteiger partial charge on any atom is -0.462 e. The molecular formula is C9H9NO2. The van der Waals surface area contributed by atoms with E-state index in [4.69, 9.17) is 4.42 Å². The summed E-state index contributed by atoms with van der Waals surface area (Å²) < 4.78 is 5.50. The third-order valence-corrected chi connectivity index (χ3v) is 3.13. The molecule has 3 heterocycles. The minimum absolute atomic E-state index is 0.00634. The third-order valence-electron chi connectivity index (χ3n) is 3.13. The lowest BCUT2D eigenvalue weighted by molar-refractivity contribution is 0.0931. The summed E-state index contributed by atoms with van der Waals surface area (Å²) in [5.74, 6) is 2.05. The summed E-state index contributed by atoms with van der Waals surface area (Å²) in [7, 11) is 0. The first-order valence-electron chi connectivity index (χ1n) is 4.09. The molecule has 62 valence electrons. The van der Waals surface area contributed by atoms with Crippen LogP contribution >= 0.6 is 0 Å². The van der Waals surface area contributed by atoms with Crippen LogP contribution in [0.2, 0.25) is 0 Å². The van der Waals surface area contributed by atoms with E-state index in [0.717, 1.165) is 17.1 Å². The van der Waals surface area contributed by atoms with Crippen molar-refractivity contribution in [3.8, 4) is 0 Å². The standard InChI is InChI=1S/C9H9NO2/c1-4-6-3-5-7(12-6)9(4,2)10-8(5)11/h3-4H,1-2H3,(H,10,11). The molecular weight excluding hydrogens is 154 g/mol. The van der Waals surface area contributed by atoms with Crippen molar-refractivity contribution in [2.24, 2.45) is 0 Å². The first-order valence-corrected chi connectivity index (χ1v) is 4.09. The predicted molar refractivity (Wildman–Crippen MR) is 41.9 cm³/mol. The molecule has 0 spiro atoms. The number of fused-ring (bicyclic) bond motifs is 1. The summed E-state index contributed by atoms with van der Waals surface area (Å²) in [4.78, 5) is 11.4. The van der Waals surface area contributed by atoms with Gasteiger partial charge in [0.05, 0.1) is 5.56 Å². The monoisotopic (exact) mass is 163 g/mol. The van der Waals surface area contributed by atoms with Gasteiger partial charge < -0.3 is 9.73 Å². The Balaban J connectivity index is 2.37. The van der Waals surface area contributed by atoms with E-state index in [0.29, 0.717) is 0 Å². The Kier molecular flexibility index (Phi) is 0.756. The topological polar surface area (TPSA) is 42.2 Å². The van der Waals surface area contributed by atoms with Crippen LogP contribution in [0, 0.1) is 0 Å². The van der Waals surface area contributed by atoms with E-state index < -0.39 is 0 Å². The molecule has 0 saturated carbocycles. The van der Waals surface area contributed by atoms with Crippen molar-refractivity contribution in [1.82, 2.24) is 5.32 Å². The van der Waals surface area contributed by atoms with Gasteiger partial charge in [-0.2, -0.15) is 0 Å². The predicted octanol–water partition coefficient (Wildman–Crippen LogP) is 1.36. The van der Waals surface area contributed by atoms with E-state index in [-0.39, 0.29) is 17.4 Å². The highest BCUT2D eigenvalue weighted by atomic mass is 16.4. The van der Waals surface area contributed by atoms with Crippen molar-refractivity contribution >= 4 is 5.91 Å². The average molecular weight is 163 g/mol. The molecule has 0 aliphatic carbocycles. The lowest BCUT2D eigenvalue weighted by Gasteiger charge is -2.23. The van der Waals surface area contributed by atoms with Crippen molar-refractivity contribution in [2.75, 3.05) is 0 Å². The molecule has 0 aromatic carbocycles. The van der Waals surface area contributed by atoms with Gasteiger partial charge in [-0.1, -0.05) is 6.92 Å². The molecule has 0 saturated heterocycles. The highest BCUT2D eigenvalue weighted by molar-refractivity contribution is 6.00. The SMILES string of the molecule is CC1c2cc3c(o2)C1(C)NC3=O. The second-order valence-electron chi connectivity index (χ2n) is 3.77. The van der Waals surface area contributed by atoms with Crippen molar-refractivity contribution in [1.29, 1.82) is 0 Å². The number of amides is 1. The van der Waals surface area contributed by atoms with Crippen molar-refractivity contribution in [3.05, 3.63) is 23.2 Å². The van der Waals surface area contributed by atoms with Gasteiger partial charge in [0.2, 0.25) is 0 Å². The second-order valence-corrected chi connectivity index (χ2v) is 3.77. The number of hydrogen-bond donors (Lipinski definition) is 1. The molecule has 1 aromatic rings. The Bertz CT molecular complexity index is 393. The molecule has 2 atom stereocenters. The van der Waals surface area contributed by atoms with Gasteiger partial charge in [0.25, 0.3) is 5.91 Å². The highest BCUT2D eigenvalue weighted by Crippen LogP contribution is 2.50. The van der Waals surface area contributed by atoms with Gasteiger partial charge in [-0.05, 0) is 13.0 Å². The van der Waals surface area contributed by atoms with Crippen LogP contribution in [-0.4, -0.2) is 5.91 Å². The normalized spacial score (nSPS) is 35.8. The summed E-state index contributed by atoms with van der Waals surface area (Å²) in [6.07, 6.45) is 0. The third kappa shape index (κ3) is 0.411. The number of rotatable bonds is 0. The zero-order valence-electron chi connectivity index (χ0n) is 6.97. The van der Waals surface area contributed by atoms with Crippen molar-refractivity contribution in [3.63, 3.8) is 0 Å². The fourth-order valence-electron chi connectivity index (χ4n) is 2.13. The Hall–Kier alpha value is -1.25. The molecule has 3 heteroatoms. The molecule has 3 nitrogen and oxygen atoms in total. The Morgan fingerprint density at radius 3 is 3.00 bits per heavy atom. The lowest BCUT2D eigenvalue weighted by Crippen LogP contribution is -2.38. The van der Waals surface area contributed by atoms with Crippen molar-refractivity contribution < 1.29 is 9.21 Å². The van der Waals surface area contributed by atoms with Gasteiger partial charge in [0.1, 0.15) is 17.1 Å². The van der Waals surface area contributed by atoms with E-state index >= 15 is 0 Å². The summed E-state index contributed by atoms with van der Waals surface area (Å²) in [6, 6.07) is 1.85. The zero-order valence-corrected chi connectivity index (χ0v) is 6.97.